The van der Waals surface area contributed by atoms with E-state index in [1.807, 2.05) is 24.4 Å². The van der Waals surface area contributed by atoms with Gasteiger partial charge in [0.1, 0.15) is 0 Å². The monoisotopic (exact) mass is 259 g/mol. The van der Waals surface area contributed by atoms with Gasteiger partial charge in [-0.1, -0.05) is 37.5 Å². The molecule has 1 nitrogen and oxygen atoms in total. The van der Waals surface area contributed by atoms with Crippen LogP contribution < -0.4 is 0 Å². The summed E-state index contributed by atoms with van der Waals surface area (Å²) in [4.78, 5) is 4.66. The molecule has 0 spiro atoms. The maximum atomic E-state index is 4.66. The SMILES string of the molecule is C=Cc1c2c(c3ncccc3c1C=C)C(C)=CC1CC21. The van der Waals surface area contributed by atoms with Crippen molar-refractivity contribution in [2.24, 2.45) is 5.92 Å². The first-order valence-electron chi connectivity index (χ1n) is 7.14. The van der Waals surface area contributed by atoms with Crippen molar-refractivity contribution in [2.75, 3.05) is 0 Å². The van der Waals surface area contributed by atoms with Crippen LogP contribution in [-0.4, -0.2) is 4.98 Å². The van der Waals surface area contributed by atoms with E-state index in [1.165, 1.54) is 39.6 Å². The molecule has 4 rings (SSSR count). The largest absolute Gasteiger partial charge is 0.256 e. The number of nitrogens with zero attached hydrogens (tertiary/aromatic N) is 1. The molecule has 0 aliphatic heterocycles. The van der Waals surface area contributed by atoms with E-state index in [1.54, 1.807) is 0 Å². The van der Waals surface area contributed by atoms with Crippen LogP contribution in [0.1, 0.15) is 41.5 Å². The molecule has 1 fully saturated rings. The van der Waals surface area contributed by atoms with Gasteiger partial charge in [-0.25, -0.2) is 0 Å². The standard InChI is InChI=1S/C19H17N/c1-4-13-14(5-2)18-16-10-12(16)9-11(3)17(18)19-15(13)7-6-8-20-19/h4-9,12,16H,1-2,10H2,3H3. The zero-order chi connectivity index (χ0) is 13.9. The summed E-state index contributed by atoms with van der Waals surface area (Å²) in [5.74, 6) is 1.38. The van der Waals surface area contributed by atoms with Crippen molar-refractivity contribution in [3.05, 3.63) is 59.8 Å². The van der Waals surface area contributed by atoms with Crippen LogP contribution in [0.5, 0.6) is 0 Å². The van der Waals surface area contributed by atoms with Gasteiger partial charge in [-0.3, -0.25) is 4.98 Å². The van der Waals surface area contributed by atoms with Crippen molar-refractivity contribution in [3.8, 4) is 0 Å². The molecule has 0 bridgehead atoms. The Bertz CT molecular complexity index is 795. The van der Waals surface area contributed by atoms with Crippen LogP contribution in [0.25, 0.3) is 28.6 Å². The number of benzene rings is 1. The first kappa shape index (κ1) is 11.7. The average molecular weight is 259 g/mol. The molecular weight excluding hydrogens is 242 g/mol. The van der Waals surface area contributed by atoms with Crippen LogP contribution in [-0.2, 0) is 0 Å². The van der Waals surface area contributed by atoms with Crippen LogP contribution in [0.2, 0.25) is 0 Å². The fraction of sp³-hybridized carbons (Fsp3) is 0.211. The summed E-state index contributed by atoms with van der Waals surface area (Å²) in [5.41, 5.74) is 7.70. The maximum Gasteiger partial charge on any atom is 0.0786 e. The van der Waals surface area contributed by atoms with E-state index >= 15 is 0 Å². The van der Waals surface area contributed by atoms with Crippen LogP contribution in [0.3, 0.4) is 0 Å². The molecular formula is C19H17N. The van der Waals surface area contributed by atoms with E-state index < -0.39 is 0 Å². The van der Waals surface area contributed by atoms with Crippen molar-refractivity contribution in [1.29, 1.82) is 0 Å². The van der Waals surface area contributed by atoms with Gasteiger partial charge in [-0.15, -0.1) is 0 Å². The third-order valence-electron chi connectivity index (χ3n) is 4.66. The summed E-state index contributed by atoms with van der Waals surface area (Å²) < 4.78 is 0. The van der Waals surface area contributed by atoms with E-state index in [2.05, 4.69) is 37.2 Å². The highest BCUT2D eigenvalue weighted by Crippen LogP contribution is 2.57. The van der Waals surface area contributed by atoms with Gasteiger partial charge >= 0.3 is 0 Å². The minimum Gasteiger partial charge on any atom is -0.256 e. The second kappa shape index (κ2) is 3.92. The zero-order valence-corrected chi connectivity index (χ0v) is 11.7. The second-order valence-electron chi connectivity index (χ2n) is 5.78. The molecule has 20 heavy (non-hydrogen) atoms. The zero-order valence-electron chi connectivity index (χ0n) is 11.7. The molecule has 0 radical (unpaired) electrons. The third-order valence-corrected chi connectivity index (χ3v) is 4.66. The van der Waals surface area contributed by atoms with Gasteiger partial charge in [0.15, 0.2) is 0 Å². The van der Waals surface area contributed by atoms with Crippen molar-refractivity contribution in [2.45, 2.75) is 19.3 Å². The first-order chi connectivity index (χ1) is 9.76. The minimum absolute atomic E-state index is 0.659. The number of allylic oxidation sites excluding steroid dienone is 2. The van der Waals surface area contributed by atoms with Crippen molar-refractivity contribution >= 4 is 28.6 Å². The summed E-state index contributed by atoms with van der Waals surface area (Å²) >= 11 is 0. The van der Waals surface area contributed by atoms with Gasteiger partial charge in [0, 0.05) is 17.1 Å². The third kappa shape index (κ3) is 1.35. The molecule has 1 aromatic carbocycles. The molecule has 2 unspecified atom stereocenters. The number of fused-ring (bicyclic) bond motifs is 5. The molecule has 2 atom stereocenters. The van der Waals surface area contributed by atoms with Crippen LogP contribution in [0.15, 0.2) is 37.6 Å². The lowest BCUT2D eigenvalue weighted by Gasteiger charge is -2.22. The maximum absolute atomic E-state index is 4.66. The van der Waals surface area contributed by atoms with Crippen LogP contribution in [0, 0.1) is 5.92 Å². The highest BCUT2D eigenvalue weighted by atomic mass is 14.7. The van der Waals surface area contributed by atoms with Crippen molar-refractivity contribution < 1.29 is 0 Å². The summed E-state index contributed by atoms with van der Waals surface area (Å²) in [6.45, 7) is 10.3. The van der Waals surface area contributed by atoms with Gasteiger partial charge in [0.2, 0.25) is 0 Å². The topological polar surface area (TPSA) is 12.9 Å². The smallest absolute Gasteiger partial charge is 0.0786 e. The Kier molecular flexibility index (Phi) is 2.29. The van der Waals surface area contributed by atoms with E-state index in [9.17, 15) is 0 Å². The number of aromatic nitrogens is 1. The molecule has 2 aromatic rings. The van der Waals surface area contributed by atoms with E-state index in [4.69, 9.17) is 0 Å². The number of hydrogen-bond donors (Lipinski definition) is 0. The van der Waals surface area contributed by atoms with Gasteiger partial charge in [0.25, 0.3) is 0 Å². The molecule has 2 aliphatic rings. The highest BCUT2D eigenvalue weighted by molar-refractivity contribution is 6.01. The Morgan fingerprint density at radius 2 is 2.05 bits per heavy atom. The molecule has 1 heterocycles. The summed E-state index contributed by atoms with van der Waals surface area (Å²) in [6, 6.07) is 4.13. The molecule has 98 valence electrons. The Balaban J connectivity index is 2.25. The van der Waals surface area contributed by atoms with E-state index in [0.717, 1.165) is 11.4 Å². The molecule has 1 heteroatoms. The van der Waals surface area contributed by atoms with Crippen LogP contribution in [0.4, 0.5) is 0 Å². The van der Waals surface area contributed by atoms with Crippen molar-refractivity contribution in [1.82, 2.24) is 4.98 Å². The fourth-order valence-electron chi connectivity index (χ4n) is 3.73. The summed E-state index contributed by atoms with van der Waals surface area (Å²) in [5, 5.41) is 1.18. The second-order valence-corrected chi connectivity index (χ2v) is 5.78. The molecule has 0 N–H and O–H groups in total. The first-order valence-corrected chi connectivity index (χ1v) is 7.14. The molecule has 2 aliphatic carbocycles. The highest BCUT2D eigenvalue weighted by Gasteiger charge is 2.43. The molecule has 1 aromatic heterocycles. The van der Waals surface area contributed by atoms with Gasteiger partial charge < -0.3 is 0 Å². The lowest BCUT2D eigenvalue weighted by atomic mass is 9.83. The summed E-state index contributed by atoms with van der Waals surface area (Å²) in [6.07, 6.45) is 9.51. The van der Waals surface area contributed by atoms with Crippen LogP contribution >= 0.6 is 0 Å². The quantitative estimate of drug-likeness (QED) is 0.736. The molecule has 0 saturated heterocycles. The Morgan fingerprint density at radius 3 is 2.80 bits per heavy atom. The van der Waals surface area contributed by atoms with Gasteiger partial charge in [0.05, 0.1) is 5.52 Å². The minimum atomic E-state index is 0.659. The number of rotatable bonds is 2. The normalized spacial score (nSPS) is 22.8. The predicted octanol–water partition coefficient (Wildman–Crippen LogP) is 5.04. The lowest BCUT2D eigenvalue weighted by molar-refractivity contribution is 0.983. The number of hydrogen-bond acceptors (Lipinski definition) is 1. The Labute approximate surface area is 119 Å². The molecule has 0 amide bonds. The molecule has 1 saturated carbocycles. The predicted molar refractivity (Wildman–Crippen MR) is 86.4 cm³/mol. The fourth-order valence-corrected chi connectivity index (χ4v) is 3.73. The number of pyridine rings is 1. The van der Waals surface area contributed by atoms with Gasteiger partial charge in [-0.2, -0.15) is 0 Å². The summed E-state index contributed by atoms with van der Waals surface area (Å²) in [7, 11) is 0. The Hall–Kier alpha value is -2.15. The van der Waals surface area contributed by atoms with E-state index in [0.29, 0.717) is 5.92 Å². The Morgan fingerprint density at radius 1 is 1.25 bits per heavy atom. The lowest BCUT2D eigenvalue weighted by Crippen LogP contribution is -2.04. The van der Waals surface area contributed by atoms with Crippen molar-refractivity contribution in [3.63, 3.8) is 0 Å². The van der Waals surface area contributed by atoms with Gasteiger partial charge in [-0.05, 0) is 53.5 Å². The average Bonchev–Trinajstić information content (AvgIpc) is 3.24. The van der Waals surface area contributed by atoms with E-state index in [-0.39, 0.29) is 0 Å².